The van der Waals surface area contributed by atoms with E-state index < -0.39 is 9.84 Å². The molecule has 8 heteroatoms. The average Bonchev–Trinajstić information content (AvgIpc) is 2.90. The Kier molecular flexibility index (Phi) is 5.38. The number of aromatic nitrogens is 1. The fourth-order valence-corrected chi connectivity index (χ4v) is 3.24. The molecule has 0 aliphatic heterocycles. The predicted molar refractivity (Wildman–Crippen MR) is 90.2 cm³/mol. The summed E-state index contributed by atoms with van der Waals surface area (Å²) in [7, 11) is -3.21. The van der Waals surface area contributed by atoms with E-state index in [1.807, 2.05) is 19.2 Å². The molecule has 23 heavy (non-hydrogen) atoms. The third kappa shape index (κ3) is 5.04. The number of carbonyl (C=O) groups excluding carboxylic acids is 1. The van der Waals surface area contributed by atoms with Crippen LogP contribution in [0.25, 0.3) is 0 Å². The van der Waals surface area contributed by atoms with Crippen molar-refractivity contribution in [3.05, 3.63) is 45.9 Å². The van der Waals surface area contributed by atoms with Gasteiger partial charge in [-0.2, -0.15) is 0 Å². The normalized spacial score (nSPS) is 12.7. The van der Waals surface area contributed by atoms with Crippen LogP contribution in [0.15, 0.2) is 34.5 Å². The molecular formula is C15H19N3O3S2. The van der Waals surface area contributed by atoms with Gasteiger partial charge in [0, 0.05) is 11.6 Å². The SMILES string of the molecule is Cc1nc(CNC(=O)NC(C)c2ccc(S(C)(=O)=O)cc2)cs1. The number of nitrogens with zero attached hydrogens (tertiary/aromatic N) is 1. The highest BCUT2D eigenvalue weighted by atomic mass is 32.2. The van der Waals surface area contributed by atoms with Crippen LogP contribution < -0.4 is 10.6 Å². The Morgan fingerprint density at radius 1 is 1.30 bits per heavy atom. The molecule has 0 aliphatic rings. The van der Waals surface area contributed by atoms with Gasteiger partial charge in [0.2, 0.25) is 0 Å². The van der Waals surface area contributed by atoms with Gasteiger partial charge in [-0.3, -0.25) is 0 Å². The van der Waals surface area contributed by atoms with E-state index in [1.54, 1.807) is 24.3 Å². The Labute approximate surface area is 139 Å². The third-order valence-corrected chi connectivity index (χ3v) is 5.20. The van der Waals surface area contributed by atoms with Crippen molar-refractivity contribution in [3.8, 4) is 0 Å². The number of urea groups is 1. The fraction of sp³-hybridized carbons (Fsp3) is 0.333. The van der Waals surface area contributed by atoms with Gasteiger partial charge in [-0.25, -0.2) is 18.2 Å². The quantitative estimate of drug-likeness (QED) is 0.864. The van der Waals surface area contributed by atoms with Gasteiger partial charge in [-0.1, -0.05) is 12.1 Å². The first-order valence-electron chi connectivity index (χ1n) is 7.01. The number of benzene rings is 1. The minimum atomic E-state index is -3.21. The second kappa shape index (κ2) is 7.10. The Hall–Kier alpha value is -1.93. The molecule has 1 heterocycles. The monoisotopic (exact) mass is 353 g/mol. The van der Waals surface area contributed by atoms with Gasteiger partial charge in [0.15, 0.2) is 9.84 Å². The summed E-state index contributed by atoms with van der Waals surface area (Å²) < 4.78 is 22.9. The molecule has 0 radical (unpaired) electrons. The van der Waals surface area contributed by atoms with E-state index in [9.17, 15) is 13.2 Å². The number of carbonyl (C=O) groups is 1. The van der Waals surface area contributed by atoms with Gasteiger partial charge in [0.25, 0.3) is 0 Å². The number of rotatable bonds is 5. The summed E-state index contributed by atoms with van der Waals surface area (Å²) in [5.74, 6) is 0. The van der Waals surface area contributed by atoms with E-state index in [0.29, 0.717) is 6.54 Å². The lowest BCUT2D eigenvalue weighted by Crippen LogP contribution is -2.36. The molecule has 0 saturated carbocycles. The first-order chi connectivity index (χ1) is 10.8. The van der Waals surface area contributed by atoms with Crippen molar-refractivity contribution in [2.24, 2.45) is 0 Å². The molecule has 2 rings (SSSR count). The van der Waals surface area contributed by atoms with Crippen LogP contribution in [0.3, 0.4) is 0 Å². The molecule has 1 unspecified atom stereocenters. The van der Waals surface area contributed by atoms with Crippen molar-refractivity contribution in [1.29, 1.82) is 0 Å². The minimum Gasteiger partial charge on any atom is -0.332 e. The highest BCUT2D eigenvalue weighted by molar-refractivity contribution is 7.90. The zero-order valence-corrected chi connectivity index (χ0v) is 14.8. The topological polar surface area (TPSA) is 88.2 Å². The maximum absolute atomic E-state index is 11.9. The van der Waals surface area contributed by atoms with Crippen LogP contribution in [0, 0.1) is 6.92 Å². The highest BCUT2D eigenvalue weighted by Crippen LogP contribution is 2.16. The smallest absolute Gasteiger partial charge is 0.315 e. The van der Waals surface area contributed by atoms with E-state index >= 15 is 0 Å². The highest BCUT2D eigenvalue weighted by Gasteiger charge is 2.12. The van der Waals surface area contributed by atoms with Gasteiger partial charge < -0.3 is 10.6 Å². The summed E-state index contributed by atoms with van der Waals surface area (Å²) >= 11 is 1.54. The molecule has 2 aromatic rings. The molecule has 0 fully saturated rings. The van der Waals surface area contributed by atoms with E-state index in [0.717, 1.165) is 22.5 Å². The van der Waals surface area contributed by atoms with Crippen LogP contribution in [0.5, 0.6) is 0 Å². The van der Waals surface area contributed by atoms with Crippen molar-refractivity contribution < 1.29 is 13.2 Å². The zero-order chi connectivity index (χ0) is 17.0. The van der Waals surface area contributed by atoms with Crippen molar-refractivity contribution in [2.45, 2.75) is 31.3 Å². The number of hydrogen-bond donors (Lipinski definition) is 2. The van der Waals surface area contributed by atoms with Crippen LogP contribution in [-0.2, 0) is 16.4 Å². The molecule has 0 saturated heterocycles. The zero-order valence-electron chi connectivity index (χ0n) is 13.2. The van der Waals surface area contributed by atoms with Gasteiger partial charge in [-0.15, -0.1) is 11.3 Å². The summed E-state index contributed by atoms with van der Waals surface area (Å²) in [5, 5.41) is 8.42. The van der Waals surface area contributed by atoms with Crippen LogP contribution in [0.2, 0.25) is 0 Å². The van der Waals surface area contributed by atoms with Gasteiger partial charge >= 0.3 is 6.03 Å². The maximum atomic E-state index is 11.9. The van der Waals surface area contributed by atoms with Crippen molar-refractivity contribution in [3.63, 3.8) is 0 Å². The van der Waals surface area contributed by atoms with Crippen molar-refractivity contribution in [2.75, 3.05) is 6.26 Å². The van der Waals surface area contributed by atoms with Crippen LogP contribution in [0.1, 0.15) is 29.2 Å². The fourth-order valence-electron chi connectivity index (χ4n) is 1.99. The summed E-state index contributed by atoms with van der Waals surface area (Å²) in [5.41, 5.74) is 1.66. The predicted octanol–water partition coefficient (Wildman–Crippen LogP) is 2.42. The number of sulfone groups is 1. The summed E-state index contributed by atoms with van der Waals surface area (Å²) in [6, 6.07) is 5.95. The number of thiazole rings is 1. The lowest BCUT2D eigenvalue weighted by atomic mass is 10.1. The Balaban J connectivity index is 1.90. The summed E-state index contributed by atoms with van der Waals surface area (Å²) in [4.78, 5) is 16.4. The number of hydrogen-bond acceptors (Lipinski definition) is 5. The van der Waals surface area contributed by atoms with Gasteiger partial charge in [0.1, 0.15) is 0 Å². The van der Waals surface area contributed by atoms with Crippen molar-refractivity contribution in [1.82, 2.24) is 15.6 Å². The van der Waals surface area contributed by atoms with E-state index in [1.165, 1.54) is 11.3 Å². The first-order valence-corrected chi connectivity index (χ1v) is 9.78. The summed E-state index contributed by atoms with van der Waals surface area (Å²) in [6.45, 7) is 4.12. The second-order valence-corrected chi connectivity index (χ2v) is 8.33. The minimum absolute atomic E-state index is 0.235. The van der Waals surface area contributed by atoms with Crippen molar-refractivity contribution >= 4 is 27.2 Å². The molecular weight excluding hydrogens is 334 g/mol. The summed E-state index contributed by atoms with van der Waals surface area (Å²) in [6.07, 6.45) is 1.16. The van der Waals surface area contributed by atoms with Crippen LogP contribution in [0.4, 0.5) is 4.79 Å². The Morgan fingerprint density at radius 2 is 1.96 bits per heavy atom. The average molecular weight is 353 g/mol. The molecule has 6 nitrogen and oxygen atoms in total. The Bertz CT molecular complexity index is 783. The lowest BCUT2D eigenvalue weighted by molar-refractivity contribution is 0.237. The van der Waals surface area contributed by atoms with E-state index in [4.69, 9.17) is 0 Å². The Morgan fingerprint density at radius 3 is 2.48 bits per heavy atom. The molecule has 1 atom stereocenters. The molecule has 0 bridgehead atoms. The molecule has 1 aromatic heterocycles. The van der Waals surface area contributed by atoms with Gasteiger partial charge in [0.05, 0.1) is 28.2 Å². The molecule has 124 valence electrons. The van der Waals surface area contributed by atoms with E-state index in [2.05, 4.69) is 15.6 Å². The number of aryl methyl sites for hydroxylation is 1. The molecule has 0 spiro atoms. The second-order valence-electron chi connectivity index (χ2n) is 5.25. The van der Waals surface area contributed by atoms with E-state index in [-0.39, 0.29) is 17.0 Å². The molecule has 1 aromatic carbocycles. The van der Waals surface area contributed by atoms with Crippen LogP contribution >= 0.6 is 11.3 Å². The molecule has 2 N–H and O–H groups in total. The lowest BCUT2D eigenvalue weighted by Gasteiger charge is -2.15. The molecule has 0 aliphatic carbocycles. The third-order valence-electron chi connectivity index (χ3n) is 3.25. The van der Waals surface area contributed by atoms with Crippen LogP contribution in [-0.4, -0.2) is 25.7 Å². The maximum Gasteiger partial charge on any atom is 0.315 e. The molecule has 2 amide bonds. The van der Waals surface area contributed by atoms with Gasteiger partial charge in [-0.05, 0) is 31.5 Å². The standard InChI is InChI=1S/C15H19N3O3S2/c1-10(12-4-6-14(7-5-12)23(3,20)21)17-15(19)16-8-13-9-22-11(2)18-13/h4-7,9-10H,8H2,1-3H3,(H2,16,17,19). The largest absolute Gasteiger partial charge is 0.332 e. The number of nitrogens with one attached hydrogen (secondary N) is 2. The first kappa shape index (κ1) is 17.4. The number of amides is 2.